The van der Waals surface area contributed by atoms with Crippen LogP contribution in [0.15, 0.2) is 54.7 Å². The molecule has 2 aliphatic rings. The van der Waals surface area contributed by atoms with E-state index in [-0.39, 0.29) is 41.9 Å². The number of rotatable bonds is 11. The molecule has 3 aromatic rings. The van der Waals surface area contributed by atoms with E-state index >= 15 is 4.39 Å². The largest absolute Gasteiger partial charge is 0.395 e. The predicted octanol–water partition coefficient (Wildman–Crippen LogP) is 4.99. The summed E-state index contributed by atoms with van der Waals surface area (Å²) < 4.78 is 23.1. The minimum atomic E-state index is -1.63. The molecule has 1 amide bonds. The second kappa shape index (κ2) is 11.0. The van der Waals surface area contributed by atoms with Crippen molar-refractivity contribution in [3.05, 3.63) is 98.5 Å². The summed E-state index contributed by atoms with van der Waals surface area (Å²) in [5.41, 5.74) is -1.66. The Balaban J connectivity index is 1.68. The fraction of sp³-hybridized carbons (Fsp3) is 0.400. The third kappa shape index (κ3) is 5.49. The molecule has 3 N–H and O–H groups in total. The van der Waals surface area contributed by atoms with Crippen molar-refractivity contribution in [2.24, 2.45) is 5.41 Å². The average molecular weight is 589 g/mol. The second-order valence-electron chi connectivity index (χ2n) is 11.1. The summed E-state index contributed by atoms with van der Waals surface area (Å²) in [7, 11) is 0. The van der Waals surface area contributed by atoms with Gasteiger partial charge in [0.15, 0.2) is 5.72 Å². The van der Waals surface area contributed by atoms with Crippen LogP contribution >= 0.6 is 23.2 Å². The Labute approximate surface area is 242 Å². The Hall–Kier alpha value is -2.59. The zero-order chi connectivity index (χ0) is 28.7. The van der Waals surface area contributed by atoms with Gasteiger partial charge in [-0.3, -0.25) is 14.7 Å². The highest BCUT2D eigenvalue weighted by Crippen LogP contribution is 2.52. The van der Waals surface area contributed by atoms with Crippen molar-refractivity contribution >= 4 is 29.1 Å². The maximum absolute atomic E-state index is 16.3. The molecule has 0 bridgehead atoms. The molecule has 0 spiro atoms. The van der Waals surface area contributed by atoms with Gasteiger partial charge >= 0.3 is 0 Å². The first-order chi connectivity index (χ1) is 19.0. The van der Waals surface area contributed by atoms with Gasteiger partial charge < -0.3 is 20.3 Å². The molecule has 7 nitrogen and oxygen atoms in total. The Bertz CT molecular complexity index is 1390. The smallest absolute Gasteiger partial charge is 0.257 e. The number of hydrogen-bond acceptors (Lipinski definition) is 6. The summed E-state index contributed by atoms with van der Waals surface area (Å²) in [5.74, 6) is -1.11. The lowest BCUT2D eigenvalue weighted by Crippen LogP contribution is -2.48. The second-order valence-corrected chi connectivity index (χ2v) is 12.0. The van der Waals surface area contributed by atoms with Crippen molar-refractivity contribution in [3.63, 3.8) is 0 Å². The van der Waals surface area contributed by atoms with Gasteiger partial charge in [-0.1, -0.05) is 35.3 Å². The van der Waals surface area contributed by atoms with Gasteiger partial charge in [-0.2, -0.15) is 0 Å². The number of nitrogens with zero attached hydrogens (tertiary/aromatic N) is 2. The maximum atomic E-state index is 16.3. The van der Waals surface area contributed by atoms with E-state index in [1.807, 2.05) is 0 Å². The highest BCUT2D eigenvalue weighted by atomic mass is 35.5. The van der Waals surface area contributed by atoms with E-state index in [2.05, 4.69) is 10.3 Å². The summed E-state index contributed by atoms with van der Waals surface area (Å²) in [4.78, 5) is 20.1. The van der Waals surface area contributed by atoms with E-state index in [0.717, 1.165) is 12.8 Å². The molecule has 1 aliphatic heterocycles. The molecule has 5 rings (SSSR count). The normalized spacial score (nSPS) is 19.7. The van der Waals surface area contributed by atoms with Gasteiger partial charge in [0.25, 0.3) is 5.91 Å². The number of carbonyl (C=O) groups excluding carboxylic acids is 1. The molecule has 2 aromatic carbocycles. The number of amides is 1. The van der Waals surface area contributed by atoms with Crippen LogP contribution in [0.3, 0.4) is 0 Å². The van der Waals surface area contributed by atoms with Crippen molar-refractivity contribution in [3.8, 4) is 0 Å². The summed E-state index contributed by atoms with van der Waals surface area (Å²) in [6.07, 6.45) is 3.28. The SMILES string of the molecule is CC(C)(O)c1cc(F)c2c(c1)C(=O)N(Cc1ccc(Cl)cn1)[C@@]2(OCC1(CNCCO)CC1)c1ccc(Cl)cc1. The van der Waals surface area contributed by atoms with Crippen molar-refractivity contribution in [1.82, 2.24) is 15.2 Å². The van der Waals surface area contributed by atoms with Crippen LogP contribution in [0.4, 0.5) is 4.39 Å². The third-order valence-corrected chi connectivity index (χ3v) is 8.14. The van der Waals surface area contributed by atoms with E-state index in [9.17, 15) is 15.0 Å². The minimum Gasteiger partial charge on any atom is -0.395 e. The molecule has 1 saturated carbocycles. The van der Waals surface area contributed by atoms with E-state index in [4.69, 9.17) is 27.9 Å². The zero-order valence-electron chi connectivity index (χ0n) is 22.4. The van der Waals surface area contributed by atoms with Crippen LogP contribution in [-0.4, -0.2) is 52.3 Å². The predicted molar refractivity (Wildman–Crippen MR) is 151 cm³/mol. The summed E-state index contributed by atoms with van der Waals surface area (Å²) in [6.45, 7) is 4.42. The first-order valence-electron chi connectivity index (χ1n) is 13.2. The fourth-order valence-electron chi connectivity index (χ4n) is 5.19. The lowest BCUT2D eigenvalue weighted by atomic mass is 9.88. The van der Waals surface area contributed by atoms with Gasteiger partial charge in [0, 0.05) is 35.3 Å². The van der Waals surface area contributed by atoms with E-state index in [0.29, 0.717) is 34.4 Å². The first-order valence-corrected chi connectivity index (χ1v) is 14.0. The lowest BCUT2D eigenvalue weighted by molar-refractivity contribution is -0.126. The Morgan fingerprint density at radius 1 is 1.12 bits per heavy atom. The Morgan fingerprint density at radius 3 is 2.42 bits per heavy atom. The van der Waals surface area contributed by atoms with Crippen molar-refractivity contribution in [2.75, 3.05) is 26.3 Å². The molecule has 0 unspecified atom stereocenters. The standard InChI is InChI=1S/C30H32Cl2FN3O4/c1-28(2,39)20-13-24-26(25(33)14-20)30(19-3-5-21(31)6-4-19,40-18-29(9-10-29)17-34-11-12-37)36(27(24)38)16-23-8-7-22(32)15-35-23/h3-8,13-15,34,37,39H,9-12,16-18H2,1-2H3/t30-/m1/s1. The summed E-state index contributed by atoms with van der Waals surface area (Å²) in [6, 6.07) is 13.0. The highest BCUT2D eigenvalue weighted by Gasteiger charge is 2.56. The molecule has 0 radical (unpaired) electrons. The fourth-order valence-corrected chi connectivity index (χ4v) is 5.43. The van der Waals surface area contributed by atoms with Crippen LogP contribution in [0.1, 0.15) is 59.4 Å². The molecule has 10 heteroatoms. The average Bonchev–Trinajstić information content (AvgIpc) is 3.64. The number of ether oxygens (including phenoxy) is 1. The van der Waals surface area contributed by atoms with Gasteiger partial charge in [0.05, 0.1) is 47.2 Å². The molecule has 1 atom stereocenters. The lowest BCUT2D eigenvalue weighted by Gasteiger charge is -2.40. The third-order valence-electron chi connectivity index (χ3n) is 7.67. The number of nitrogens with one attached hydrogen (secondary N) is 1. The van der Waals surface area contributed by atoms with Crippen molar-refractivity contribution < 1.29 is 24.1 Å². The van der Waals surface area contributed by atoms with Gasteiger partial charge in [-0.05, 0) is 68.7 Å². The molecular weight excluding hydrogens is 556 g/mol. The number of halogens is 3. The van der Waals surface area contributed by atoms with Crippen LogP contribution in [0.25, 0.3) is 0 Å². The van der Waals surface area contributed by atoms with Crippen LogP contribution in [0.2, 0.25) is 10.0 Å². The van der Waals surface area contributed by atoms with Gasteiger partial charge in [0.1, 0.15) is 5.82 Å². The number of benzene rings is 2. The van der Waals surface area contributed by atoms with Crippen LogP contribution in [-0.2, 0) is 22.6 Å². The quantitative estimate of drug-likeness (QED) is 0.274. The molecule has 0 saturated heterocycles. The van der Waals surface area contributed by atoms with Crippen molar-refractivity contribution in [2.45, 2.75) is 44.6 Å². The number of fused-ring (bicyclic) bond motifs is 1. The number of hydrogen-bond donors (Lipinski definition) is 3. The number of carbonyl (C=O) groups is 1. The van der Waals surface area contributed by atoms with Gasteiger partial charge in [-0.15, -0.1) is 0 Å². The molecule has 1 fully saturated rings. The van der Waals surface area contributed by atoms with E-state index in [1.165, 1.54) is 17.2 Å². The topological polar surface area (TPSA) is 94.9 Å². The maximum Gasteiger partial charge on any atom is 0.257 e. The first kappa shape index (κ1) is 28.9. The number of aliphatic hydroxyl groups excluding tert-OH is 1. The molecule has 2 heterocycles. The summed E-state index contributed by atoms with van der Waals surface area (Å²) in [5, 5.41) is 24.1. The van der Waals surface area contributed by atoms with Crippen LogP contribution < -0.4 is 5.32 Å². The monoisotopic (exact) mass is 587 g/mol. The molecule has 40 heavy (non-hydrogen) atoms. The Morgan fingerprint density at radius 2 is 1.82 bits per heavy atom. The van der Waals surface area contributed by atoms with E-state index < -0.39 is 23.1 Å². The minimum absolute atomic E-state index is 0.0142. The van der Waals surface area contributed by atoms with Crippen molar-refractivity contribution in [1.29, 1.82) is 0 Å². The van der Waals surface area contributed by atoms with Gasteiger partial charge in [0.2, 0.25) is 0 Å². The van der Waals surface area contributed by atoms with Gasteiger partial charge in [-0.25, -0.2) is 4.39 Å². The number of aromatic nitrogens is 1. The number of pyridine rings is 1. The molecule has 212 valence electrons. The van der Waals surface area contributed by atoms with E-state index in [1.54, 1.807) is 56.3 Å². The number of aliphatic hydroxyl groups is 2. The highest BCUT2D eigenvalue weighted by molar-refractivity contribution is 6.30. The zero-order valence-corrected chi connectivity index (χ0v) is 23.9. The molecule has 1 aliphatic carbocycles. The van der Waals surface area contributed by atoms with Crippen LogP contribution in [0, 0.1) is 11.2 Å². The Kier molecular flexibility index (Phi) is 7.96. The van der Waals surface area contributed by atoms with Crippen LogP contribution in [0.5, 0.6) is 0 Å². The molecular formula is C30H32Cl2FN3O4. The summed E-state index contributed by atoms with van der Waals surface area (Å²) >= 11 is 12.3. The molecule has 1 aromatic heterocycles.